The van der Waals surface area contributed by atoms with Gasteiger partial charge in [0, 0.05) is 36.8 Å². The lowest BCUT2D eigenvalue weighted by molar-refractivity contribution is -0.320. The molecule has 1 aliphatic rings. The molecule has 7 nitrogen and oxygen atoms in total. The highest BCUT2D eigenvalue weighted by Gasteiger charge is 2.48. The van der Waals surface area contributed by atoms with Gasteiger partial charge in [0.25, 0.3) is 0 Å². The van der Waals surface area contributed by atoms with Gasteiger partial charge >= 0.3 is 11.9 Å². The normalized spacial score (nSPS) is 19.9. The summed E-state index contributed by atoms with van der Waals surface area (Å²) in [6.45, 7) is 8.03. The number of unbranched alkanes of at least 4 members (excludes halogenated alkanes) is 1. The molecule has 1 saturated heterocycles. The molecule has 1 aromatic rings. The smallest absolute Gasteiger partial charge is 0.306 e. The van der Waals surface area contributed by atoms with Crippen LogP contribution in [0.4, 0.5) is 0 Å². The Labute approximate surface area is 178 Å². The lowest BCUT2D eigenvalue weighted by Crippen LogP contribution is -2.62. The van der Waals surface area contributed by atoms with E-state index in [4.69, 9.17) is 14.7 Å². The molecule has 2 N–H and O–H groups in total. The summed E-state index contributed by atoms with van der Waals surface area (Å²) >= 11 is 0. The first-order valence-corrected chi connectivity index (χ1v) is 10.6. The highest BCUT2D eigenvalue weighted by molar-refractivity contribution is 5.70. The number of aliphatic hydroxyl groups excluding tert-OH is 1. The molecule has 1 atom stereocenters. The Balaban J connectivity index is 1.99. The fraction of sp³-hybridized carbons (Fsp3) is 0.652. The number of esters is 1. The quantitative estimate of drug-likeness (QED) is 0.437. The molecule has 0 radical (unpaired) electrons. The van der Waals surface area contributed by atoms with Crippen LogP contribution >= 0.6 is 0 Å². The van der Waals surface area contributed by atoms with E-state index < -0.39 is 23.2 Å². The summed E-state index contributed by atoms with van der Waals surface area (Å²) in [5, 5.41) is 20.5. The van der Waals surface area contributed by atoms with E-state index >= 15 is 0 Å². The Kier molecular flexibility index (Phi) is 8.41. The van der Waals surface area contributed by atoms with E-state index in [0.29, 0.717) is 25.7 Å². The zero-order valence-electron chi connectivity index (χ0n) is 18.5. The summed E-state index contributed by atoms with van der Waals surface area (Å²) in [6, 6.07) is 9.62. The van der Waals surface area contributed by atoms with Crippen molar-refractivity contribution in [2.75, 3.05) is 6.61 Å². The zero-order chi connectivity index (χ0) is 22.4. The first kappa shape index (κ1) is 24.3. The van der Waals surface area contributed by atoms with Crippen molar-refractivity contribution < 1.29 is 29.4 Å². The highest BCUT2D eigenvalue weighted by atomic mass is 16.7. The van der Waals surface area contributed by atoms with E-state index in [2.05, 4.69) is 0 Å². The number of carboxylic acid groups (broad SMARTS) is 1. The summed E-state index contributed by atoms with van der Waals surface area (Å²) in [4.78, 5) is 29.1. The van der Waals surface area contributed by atoms with E-state index in [0.717, 1.165) is 5.56 Å². The van der Waals surface area contributed by atoms with Crippen molar-refractivity contribution in [3.63, 3.8) is 0 Å². The maximum absolute atomic E-state index is 12.2. The number of carbonyl (C=O) groups is 2. The lowest BCUT2D eigenvalue weighted by Gasteiger charge is -2.54. The third kappa shape index (κ3) is 6.79. The summed E-state index contributed by atoms with van der Waals surface area (Å²) < 4.78 is 5.72. The molecule has 1 unspecified atom stereocenters. The molecule has 0 aliphatic carbocycles. The molecule has 0 aromatic heterocycles. The predicted octanol–water partition coefficient (Wildman–Crippen LogP) is 3.86. The van der Waals surface area contributed by atoms with Crippen molar-refractivity contribution in [3.05, 3.63) is 35.9 Å². The molecule has 0 amide bonds. The Morgan fingerprint density at radius 2 is 1.63 bits per heavy atom. The number of rotatable bonds is 10. The van der Waals surface area contributed by atoms with Crippen molar-refractivity contribution in [1.29, 1.82) is 0 Å². The number of aliphatic carboxylic acids is 1. The molecule has 2 rings (SSSR count). The largest absolute Gasteiger partial charge is 0.481 e. The number of benzene rings is 1. The van der Waals surface area contributed by atoms with Crippen molar-refractivity contribution in [2.45, 2.75) is 89.5 Å². The van der Waals surface area contributed by atoms with Crippen LogP contribution in [0.1, 0.15) is 77.9 Å². The third-order valence-corrected chi connectivity index (χ3v) is 5.44. The summed E-state index contributed by atoms with van der Waals surface area (Å²) in [7, 11) is 0. The second-order valence-corrected chi connectivity index (χ2v) is 9.23. The maximum Gasteiger partial charge on any atom is 0.306 e. The van der Waals surface area contributed by atoms with Gasteiger partial charge in [0.05, 0.1) is 6.61 Å². The average molecular weight is 422 g/mol. The Morgan fingerprint density at radius 1 is 1.07 bits per heavy atom. The van der Waals surface area contributed by atoms with E-state index in [1.54, 1.807) is 0 Å². The van der Waals surface area contributed by atoms with Crippen LogP contribution in [-0.4, -0.2) is 51.0 Å². The Hall–Kier alpha value is -1.96. The van der Waals surface area contributed by atoms with Crippen LogP contribution in [0, 0.1) is 0 Å². The average Bonchev–Trinajstić information content (AvgIpc) is 2.64. The number of hydrogen-bond acceptors (Lipinski definition) is 6. The van der Waals surface area contributed by atoms with Crippen LogP contribution in [0.5, 0.6) is 0 Å². The van der Waals surface area contributed by atoms with Crippen molar-refractivity contribution in [2.24, 2.45) is 0 Å². The lowest BCUT2D eigenvalue weighted by atomic mass is 9.80. The number of aliphatic hydroxyl groups is 1. The molecule has 1 aliphatic heterocycles. The molecule has 30 heavy (non-hydrogen) atoms. The first-order valence-electron chi connectivity index (χ1n) is 10.6. The SMILES string of the molecule is CC1(C)CC(OC(=O)CCCCC(=O)O)CC(C)(C)N1OC(CO)c1ccccc1. The van der Waals surface area contributed by atoms with Crippen molar-refractivity contribution >= 4 is 11.9 Å². The zero-order valence-corrected chi connectivity index (χ0v) is 18.5. The molecule has 1 heterocycles. The van der Waals surface area contributed by atoms with Gasteiger partial charge in [-0.2, -0.15) is 5.06 Å². The van der Waals surface area contributed by atoms with Gasteiger partial charge in [-0.25, -0.2) is 0 Å². The number of piperidine rings is 1. The monoisotopic (exact) mass is 421 g/mol. The molecule has 0 bridgehead atoms. The first-order chi connectivity index (χ1) is 14.0. The van der Waals surface area contributed by atoms with Gasteiger partial charge in [0.1, 0.15) is 12.2 Å². The van der Waals surface area contributed by atoms with Crippen LogP contribution < -0.4 is 0 Å². The van der Waals surface area contributed by atoms with E-state index in [1.165, 1.54) is 0 Å². The minimum Gasteiger partial charge on any atom is -0.481 e. The molecule has 1 aromatic carbocycles. The van der Waals surface area contributed by atoms with Crippen LogP contribution in [0.2, 0.25) is 0 Å². The van der Waals surface area contributed by atoms with Gasteiger partial charge in [-0.3, -0.25) is 14.4 Å². The van der Waals surface area contributed by atoms with Gasteiger partial charge in [-0.05, 0) is 46.1 Å². The minimum atomic E-state index is -0.851. The second-order valence-electron chi connectivity index (χ2n) is 9.23. The minimum absolute atomic E-state index is 0.0660. The van der Waals surface area contributed by atoms with Crippen molar-refractivity contribution in [1.82, 2.24) is 5.06 Å². The maximum atomic E-state index is 12.2. The highest BCUT2D eigenvalue weighted by Crippen LogP contribution is 2.41. The topological polar surface area (TPSA) is 96.3 Å². The van der Waals surface area contributed by atoms with Gasteiger partial charge in [-0.1, -0.05) is 30.3 Å². The Bertz CT molecular complexity index is 685. The van der Waals surface area contributed by atoms with E-state index in [-0.39, 0.29) is 31.5 Å². The molecular weight excluding hydrogens is 386 g/mol. The summed E-state index contributed by atoms with van der Waals surface area (Å²) in [5.41, 5.74) is 0.0673. The number of hydroxylamine groups is 2. The number of hydrogen-bond donors (Lipinski definition) is 2. The molecule has 0 spiro atoms. The molecule has 7 heteroatoms. The Morgan fingerprint density at radius 3 is 2.17 bits per heavy atom. The second kappa shape index (κ2) is 10.4. The van der Waals surface area contributed by atoms with Gasteiger partial charge < -0.3 is 14.9 Å². The summed E-state index contributed by atoms with van der Waals surface area (Å²) in [5.74, 6) is -1.14. The third-order valence-electron chi connectivity index (χ3n) is 5.44. The fourth-order valence-electron chi connectivity index (χ4n) is 4.33. The molecule has 0 saturated carbocycles. The molecule has 1 fully saturated rings. The summed E-state index contributed by atoms with van der Waals surface area (Å²) in [6.07, 6.45) is 1.76. The van der Waals surface area contributed by atoms with Gasteiger partial charge in [0.15, 0.2) is 0 Å². The van der Waals surface area contributed by atoms with E-state index in [1.807, 2.05) is 63.1 Å². The van der Waals surface area contributed by atoms with Gasteiger partial charge in [-0.15, -0.1) is 0 Å². The van der Waals surface area contributed by atoms with Crippen LogP contribution in [0.15, 0.2) is 30.3 Å². The molecule has 168 valence electrons. The number of nitrogens with zero attached hydrogens (tertiary/aromatic N) is 1. The standard InChI is InChI=1S/C23H35NO6/c1-22(2)14-18(29-21(28)13-9-8-12-20(26)27)15-23(3,4)24(22)30-19(16-25)17-10-6-5-7-11-17/h5-7,10-11,18-19,25H,8-9,12-16H2,1-4H3,(H,26,27). The van der Waals surface area contributed by atoms with Crippen LogP contribution in [0.25, 0.3) is 0 Å². The van der Waals surface area contributed by atoms with Crippen LogP contribution in [0.3, 0.4) is 0 Å². The number of carbonyl (C=O) groups excluding carboxylic acids is 1. The number of ether oxygens (including phenoxy) is 1. The van der Waals surface area contributed by atoms with Crippen molar-refractivity contribution in [3.8, 4) is 0 Å². The van der Waals surface area contributed by atoms with E-state index in [9.17, 15) is 14.7 Å². The number of carboxylic acids is 1. The predicted molar refractivity (Wildman–Crippen MR) is 113 cm³/mol. The fourth-order valence-corrected chi connectivity index (χ4v) is 4.33. The van der Waals surface area contributed by atoms with Crippen LogP contribution in [-0.2, 0) is 19.2 Å². The van der Waals surface area contributed by atoms with Gasteiger partial charge in [0.2, 0.25) is 0 Å². The molecular formula is C23H35NO6.